The first kappa shape index (κ1) is 17.4. The average molecular weight is 268 g/mol. The quantitative estimate of drug-likeness (QED) is 0.385. The molecular weight excluding hydrogens is 244 g/mol. The first-order valence-corrected chi connectivity index (χ1v) is 6.73. The van der Waals surface area contributed by atoms with Gasteiger partial charge >= 0.3 is 11.9 Å². The highest BCUT2D eigenvalue weighted by molar-refractivity contribution is 6.00. The van der Waals surface area contributed by atoms with E-state index in [1.807, 2.05) is 32.9 Å². The molecule has 0 aliphatic heterocycles. The summed E-state index contributed by atoms with van der Waals surface area (Å²) in [5.74, 6) is -0.888. The Labute approximate surface area is 115 Å². The third kappa shape index (κ3) is 6.79. The fraction of sp³-hybridized carbons (Fsp3) is 0.600. The molecule has 4 heteroatoms. The molecule has 0 aromatic heterocycles. The molecule has 0 radical (unpaired) electrons. The van der Waals surface area contributed by atoms with E-state index in [2.05, 4.69) is 0 Å². The minimum Gasteiger partial charge on any atom is -0.462 e. The number of allylic oxidation sites excluding steroid dienone is 2. The fourth-order valence-electron chi connectivity index (χ4n) is 1.33. The second kappa shape index (κ2) is 10.4. The SMILES string of the molecule is CC=CCC(C(=O)OCCC)=C(C)C(=O)OCCC. The molecule has 108 valence electrons. The van der Waals surface area contributed by atoms with Crippen LogP contribution in [0.2, 0.25) is 0 Å². The van der Waals surface area contributed by atoms with Crippen LogP contribution in [0.3, 0.4) is 0 Å². The van der Waals surface area contributed by atoms with Crippen molar-refractivity contribution in [1.29, 1.82) is 0 Å². The molecule has 0 atom stereocenters. The summed E-state index contributed by atoms with van der Waals surface area (Å²) in [7, 11) is 0. The summed E-state index contributed by atoms with van der Waals surface area (Å²) in [5.41, 5.74) is 0.695. The van der Waals surface area contributed by atoms with Crippen LogP contribution in [0.4, 0.5) is 0 Å². The van der Waals surface area contributed by atoms with Crippen LogP contribution in [0.5, 0.6) is 0 Å². The fourth-order valence-corrected chi connectivity index (χ4v) is 1.33. The van der Waals surface area contributed by atoms with Crippen molar-refractivity contribution in [2.45, 2.75) is 47.0 Å². The monoisotopic (exact) mass is 268 g/mol. The number of rotatable bonds is 8. The second-order valence-electron chi connectivity index (χ2n) is 4.15. The van der Waals surface area contributed by atoms with Gasteiger partial charge in [0.25, 0.3) is 0 Å². The van der Waals surface area contributed by atoms with Crippen LogP contribution in [0.25, 0.3) is 0 Å². The van der Waals surface area contributed by atoms with Crippen molar-refractivity contribution in [2.75, 3.05) is 13.2 Å². The zero-order valence-electron chi connectivity index (χ0n) is 12.3. The van der Waals surface area contributed by atoms with Gasteiger partial charge in [0.1, 0.15) is 0 Å². The van der Waals surface area contributed by atoms with Gasteiger partial charge in [0.2, 0.25) is 0 Å². The minimum absolute atomic E-state index is 0.327. The molecule has 0 rings (SSSR count). The lowest BCUT2D eigenvalue weighted by Gasteiger charge is -2.10. The van der Waals surface area contributed by atoms with Crippen LogP contribution >= 0.6 is 0 Å². The Morgan fingerprint density at radius 3 is 2.00 bits per heavy atom. The average Bonchev–Trinajstić information content (AvgIpc) is 2.42. The normalized spacial score (nSPS) is 12.2. The lowest BCUT2D eigenvalue weighted by Crippen LogP contribution is -2.15. The minimum atomic E-state index is -0.449. The molecule has 0 fully saturated rings. The molecule has 19 heavy (non-hydrogen) atoms. The van der Waals surface area contributed by atoms with Crippen LogP contribution < -0.4 is 0 Å². The first-order valence-electron chi connectivity index (χ1n) is 6.73. The molecule has 0 aliphatic carbocycles. The maximum absolute atomic E-state index is 11.9. The standard InChI is InChI=1S/C15H24O4/c1-5-8-9-13(15(17)19-11-7-3)12(4)14(16)18-10-6-2/h5,8H,6-7,9-11H2,1-4H3. The van der Waals surface area contributed by atoms with E-state index in [-0.39, 0.29) is 0 Å². The number of hydrogen-bond acceptors (Lipinski definition) is 4. The van der Waals surface area contributed by atoms with Crippen molar-refractivity contribution in [3.05, 3.63) is 23.3 Å². The van der Waals surface area contributed by atoms with Gasteiger partial charge in [-0.2, -0.15) is 0 Å². The van der Waals surface area contributed by atoms with Crippen molar-refractivity contribution in [1.82, 2.24) is 0 Å². The summed E-state index contributed by atoms with van der Waals surface area (Å²) in [6.45, 7) is 8.02. The van der Waals surface area contributed by atoms with Crippen LogP contribution in [0.1, 0.15) is 47.0 Å². The third-order valence-electron chi connectivity index (χ3n) is 2.44. The summed E-state index contributed by atoms with van der Waals surface area (Å²) < 4.78 is 10.1. The molecule has 0 amide bonds. The highest BCUT2D eigenvalue weighted by Crippen LogP contribution is 2.14. The zero-order chi connectivity index (χ0) is 14.7. The van der Waals surface area contributed by atoms with E-state index in [0.717, 1.165) is 12.8 Å². The Balaban J connectivity index is 4.96. The number of esters is 2. The van der Waals surface area contributed by atoms with E-state index in [0.29, 0.717) is 30.8 Å². The third-order valence-corrected chi connectivity index (χ3v) is 2.44. The van der Waals surface area contributed by atoms with Crippen LogP contribution in [0.15, 0.2) is 23.3 Å². The molecule has 0 bridgehead atoms. The van der Waals surface area contributed by atoms with Gasteiger partial charge < -0.3 is 9.47 Å². The van der Waals surface area contributed by atoms with Gasteiger partial charge in [0, 0.05) is 5.57 Å². The molecule has 0 saturated heterocycles. The summed E-state index contributed by atoms with van der Waals surface area (Å²) in [4.78, 5) is 23.7. The topological polar surface area (TPSA) is 52.6 Å². The van der Waals surface area contributed by atoms with Crippen molar-refractivity contribution >= 4 is 11.9 Å². The zero-order valence-corrected chi connectivity index (χ0v) is 12.3. The van der Waals surface area contributed by atoms with Crippen LogP contribution in [0, 0.1) is 0 Å². The van der Waals surface area contributed by atoms with E-state index in [9.17, 15) is 9.59 Å². The summed E-state index contributed by atoms with van der Waals surface area (Å²) >= 11 is 0. The molecule has 0 unspecified atom stereocenters. The van der Waals surface area contributed by atoms with Crippen molar-refractivity contribution in [3.8, 4) is 0 Å². The Morgan fingerprint density at radius 1 is 1.00 bits per heavy atom. The van der Waals surface area contributed by atoms with Gasteiger partial charge in [-0.3, -0.25) is 0 Å². The van der Waals surface area contributed by atoms with Crippen LogP contribution in [-0.2, 0) is 19.1 Å². The number of hydrogen-bond donors (Lipinski definition) is 0. The largest absolute Gasteiger partial charge is 0.462 e. The maximum Gasteiger partial charge on any atom is 0.334 e. The lowest BCUT2D eigenvalue weighted by molar-refractivity contribution is -0.142. The molecule has 4 nitrogen and oxygen atoms in total. The highest BCUT2D eigenvalue weighted by atomic mass is 16.5. The van der Waals surface area contributed by atoms with E-state index < -0.39 is 11.9 Å². The van der Waals surface area contributed by atoms with E-state index in [1.54, 1.807) is 6.92 Å². The number of carbonyl (C=O) groups is 2. The maximum atomic E-state index is 11.9. The molecule has 0 heterocycles. The Bertz CT molecular complexity index is 353. The molecular formula is C15H24O4. The van der Waals surface area contributed by atoms with Gasteiger partial charge in [-0.25, -0.2) is 9.59 Å². The van der Waals surface area contributed by atoms with Crippen molar-refractivity contribution in [2.24, 2.45) is 0 Å². The molecule has 0 aliphatic rings. The smallest absolute Gasteiger partial charge is 0.334 e. The van der Waals surface area contributed by atoms with Crippen molar-refractivity contribution < 1.29 is 19.1 Å². The molecule has 0 aromatic carbocycles. The van der Waals surface area contributed by atoms with Crippen LogP contribution in [-0.4, -0.2) is 25.2 Å². The Kier molecular flexibility index (Phi) is 9.49. The molecule has 0 aromatic rings. The highest BCUT2D eigenvalue weighted by Gasteiger charge is 2.18. The summed E-state index contributed by atoms with van der Waals surface area (Å²) in [5, 5.41) is 0. The van der Waals surface area contributed by atoms with E-state index >= 15 is 0 Å². The van der Waals surface area contributed by atoms with E-state index in [4.69, 9.17) is 9.47 Å². The Hall–Kier alpha value is -1.58. The van der Waals surface area contributed by atoms with Gasteiger partial charge in [0.05, 0.1) is 18.8 Å². The van der Waals surface area contributed by atoms with E-state index in [1.165, 1.54) is 0 Å². The van der Waals surface area contributed by atoms with Crippen molar-refractivity contribution in [3.63, 3.8) is 0 Å². The summed E-state index contributed by atoms with van der Waals surface area (Å²) in [6, 6.07) is 0. The number of carbonyl (C=O) groups excluding carboxylic acids is 2. The van der Waals surface area contributed by atoms with Gasteiger partial charge in [-0.05, 0) is 33.1 Å². The predicted octanol–water partition coefficient (Wildman–Crippen LogP) is 3.18. The Morgan fingerprint density at radius 2 is 1.53 bits per heavy atom. The number of ether oxygens (including phenoxy) is 2. The first-order chi connectivity index (χ1) is 9.08. The molecule has 0 N–H and O–H groups in total. The van der Waals surface area contributed by atoms with Gasteiger partial charge in [0.15, 0.2) is 0 Å². The second-order valence-corrected chi connectivity index (χ2v) is 4.15. The lowest BCUT2D eigenvalue weighted by atomic mass is 10.1. The predicted molar refractivity (Wildman–Crippen MR) is 74.6 cm³/mol. The molecule has 0 saturated carbocycles. The summed E-state index contributed by atoms with van der Waals surface area (Å²) in [6.07, 6.45) is 5.54. The van der Waals surface area contributed by atoms with Gasteiger partial charge in [-0.1, -0.05) is 26.0 Å². The molecule has 0 spiro atoms. The van der Waals surface area contributed by atoms with Gasteiger partial charge in [-0.15, -0.1) is 0 Å².